The number of ether oxygens (including phenoxy) is 1. The number of aryl methyl sites for hydroxylation is 1. The zero-order valence-corrected chi connectivity index (χ0v) is 17.8. The van der Waals surface area contributed by atoms with Crippen LogP contribution in [0.1, 0.15) is 30.8 Å². The first kappa shape index (κ1) is 22.0. The quantitative estimate of drug-likeness (QED) is 0.568. The molecule has 0 aliphatic heterocycles. The van der Waals surface area contributed by atoms with Crippen molar-refractivity contribution >= 4 is 15.9 Å². The van der Waals surface area contributed by atoms with Gasteiger partial charge in [-0.25, -0.2) is 8.42 Å². The Morgan fingerprint density at radius 2 is 1.79 bits per heavy atom. The van der Waals surface area contributed by atoms with Crippen LogP contribution in [0.25, 0.3) is 0 Å². The number of carbonyl (C=O) groups is 1. The maximum absolute atomic E-state index is 12.7. The summed E-state index contributed by atoms with van der Waals surface area (Å²) in [6.45, 7) is 5.37. The molecule has 0 saturated carbocycles. The highest BCUT2D eigenvalue weighted by Crippen LogP contribution is 2.19. The van der Waals surface area contributed by atoms with Crippen LogP contribution in [0.2, 0.25) is 0 Å². The molecule has 2 aromatic rings. The molecule has 0 aliphatic rings. The summed E-state index contributed by atoms with van der Waals surface area (Å²) in [6.07, 6.45) is 2.17. The summed E-state index contributed by atoms with van der Waals surface area (Å²) >= 11 is 0. The van der Waals surface area contributed by atoms with Crippen LogP contribution < -0.4 is 4.74 Å². The molecular formula is C20H29N3O4S. The summed E-state index contributed by atoms with van der Waals surface area (Å²) in [6, 6.07) is 11.0. The average Bonchev–Trinajstić information content (AvgIpc) is 3.08. The zero-order chi connectivity index (χ0) is 20.7. The normalized spacial score (nSPS) is 11.6. The molecule has 0 N–H and O–H groups in total. The van der Waals surface area contributed by atoms with Crippen LogP contribution in [-0.4, -0.2) is 61.4 Å². The van der Waals surface area contributed by atoms with Gasteiger partial charge in [-0.15, -0.1) is 0 Å². The molecule has 0 atom stereocenters. The number of nitrogens with zero attached hydrogens (tertiary/aromatic N) is 3. The van der Waals surface area contributed by atoms with E-state index in [1.54, 1.807) is 37.4 Å². The van der Waals surface area contributed by atoms with Crippen LogP contribution >= 0.6 is 0 Å². The van der Waals surface area contributed by atoms with E-state index in [9.17, 15) is 13.2 Å². The van der Waals surface area contributed by atoms with Crippen molar-refractivity contribution in [2.45, 2.75) is 25.2 Å². The molecule has 1 heterocycles. The average molecular weight is 408 g/mol. The van der Waals surface area contributed by atoms with Gasteiger partial charge in [0.05, 0.1) is 6.61 Å². The number of hydrogen-bond acceptors (Lipinski definition) is 4. The molecule has 0 spiro atoms. The molecule has 2 rings (SSSR count). The highest BCUT2D eigenvalue weighted by Gasteiger charge is 2.26. The lowest BCUT2D eigenvalue weighted by Crippen LogP contribution is -2.30. The standard InChI is InChI=1S/C20H29N3O4S/c1-5-23(6-2)28(25,26)18-15-19(22(4)16-18)20(24)21(3)13-10-14-27-17-11-8-7-9-12-17/h7-9,11-12,15-16H,5-6,10,13-14H2,1-4H3. The van der Waals surface area contributed by atoms with Crippen LogP contribution in [-0.2, 0) is 17.1 Å². The van der Waals surface area contributed by atoms with Crippen molar-refractivity contribution in [3.05, 3.63) is 48.3 Å². The van der Waals surface area contributed by atoms with Gasteiger partial charge in [0.1, 0.15) is 16.3 Å². The van der Waals surface area contributed by atoms with Gasteiger partial charge < -0.3 is 14.2 Å². The molecule has 0 fully saturated rings. The first-order valence-corrected chi connectivity index (χ1v) is 10.8. The molecule has 28 heavy (non-hydrogen) atoms. The van der Waals surface area contributed by atoms with Gasteiger partial charge in [0.2, 0.25) is 10.0 Å². The van der Waals surface area contributed by atoms with Gasteiger partial charge in [0.25, 0.3) is 5.91 Å². The number of rotatable bonds is 10. The molecule has 0 saturated heterocycles. The molecule has 0 aliphatic carbocycles. The Labute approximate surface area is 167 Å². The van der Waals surface area contributed by atoms with Crippen molar-refractivity contribution < 1.29 is 17.9 Å². The molecule has 154 valence electrons. The summed E-state index contributed by atoms with van der Waals surface area (Å²) < 4.78 is 33.9. The van der Waals surface area contributed by atoms with Crippen LogP contribution in [0, 0.1) is 0 Å². The highest BCUT2D eigenvalue weighted by atomic mass is 32.2. The molecule has 0 unspecified atom stereocenters. The molecule has 0 radical (unpaired) electrons. The van der Waals surface area contributed by atoms with Crippen molar-refractivity contribution in [3.63, 3.8) is 0 Å². The Hall–Kier alpha value is -2.32. The van der Waals surface area contributed by atoms with Gasteiger partial charge in [-0.3, -0.25) is 4.79 Å². The molecule has 1 aromatic carbocycles. The summed E-state index contributed by atoms with van der Waals surface area (Å²) in [5.74, 6) is 0.577. The van der Waals surface area contributed by atoms with E-state index < -0.39 is 10.0 Å². The Balaban J connectivity index is 1.98. The van der Waals surface area contributed by atoms with Crippen LogP contribution in [0.3, 0.4) is 0 Å². The van der Waals surface area contributed by atoms with Crippen LogP contribution in [0.15, 0.2) is 47.5 Å². The minimum Gasteiger partial charge on any atom is -0.494 e. The Morgan fingerprint density at radius 1 is 1.14 bits per heavy atom. The number of sulfonamides is 1. The fraction of sp³-hybridized carbons (Fsp3) is 0.450. The lowest BCUT2D eigenvalue weighted by atomic mass is 10.3. The molecule has 0 bridgehead atoms. The van der Waals surface area contributed by atoms with E-state index in [2.05, 4.69) is 0 Å². The topological polar surface area (TPSA) is 71.8 Å². The second-order valence-corrected chi connectivity index (χ2v) is 8.44. The van der Waals surface area contributed by atoms with E-state index in [1.807, 2.05) is 30.3 Å². The van der Waals surface area contributed by atoms with E-state index in [4.69, 9.17) is 4.74 Å². The van der Waals surface area contributed by atoms with Crippen LogP contribution in [0.4, 0.5) is 0 Å². The maximum atomic E-state index is 12.7. The summed E-state index contributed by atoms with van der Waals surface area (Å²) in [5, 5.41) is 0. The predicted molar refractivity (Wildman–Crippen MR) is 109 cm³/mol. The molecule has 7 nitrogen and oxygen atoms in total. The smallest absolute Gasteiger partial charge is 0.270 e. The van der Waals surface area contributed by atoms with Crippen molar-refractivity contribution in [3.8, 4) is 5.75 Å². The number of benzene rings is 1. The summed E-state index contributed by atoms with van der Waals surface area (Å²) in [4.78, 5) is 14.5. The lowest BCUT2D eigenvalue weighted by Gasteiger charge is -2.18. The number of aromatic nitrogens is 1. The van der Waals surface area contributed by atoms with E-state index in [0.29, 0.717) is 38.4 Å². The van der Waals surface area contributed by atoms with Crippen molar-refractivity contribution in [2.75, 3.05) is 33.3 Å². The number of carbonyl (C=O) groups excluding carboxylic acids is 1. The number of amides is 1. The fourth-order valence-electron chi connectivity index (χ4n) is 2.91. The lowest BCUT2D eigenvalue weighted by molar-refractivity contribution is 0.0778. The van der Waals surface area contributed by atoms with Crippen molar-refractivity contribution in [2.24, 2.45) is 7.05 Å². The number of para-hydroxylation sites is 1. The predicted octanol–water partition coefficient (Wildman–Crippen LogP) is 2.60. The van der Waals surface area contributed by atoms with Gasteiger partial charge in [0, 0.05) is 39.9 Å². The molecule has 1 amide bonds. The van der Waals surface area contributed by atoms with Crippen LogP contribution in [0.5, 0.6) is 5.75 Å². The Kier molecular flexibility index (Phi) is 7.65. The number of hydrogen-bond donors (Lipinski definition) is 0. The van der Waals surface area contributed by atoms with Gasteiger partial charge in [-0.05, 0) is 24.6 Å². The monoisotopic (exact) mass is 407 g/mol. The Morgan fingerprint density at radius 3 is 2.39 bits per heavy atom. The molecule has 8 heteroatoms. The molecular weight excluding hydrogens is 378 g/mol. The third-order valence-electron chi connectivity index (χ3n) is 4.54. The summed E-state index contributed by atoms with van der Waals surface area (Å²) in [7, 11) is -0.206. The highest BCUT2D eigenvalue weighted by molar-refractivity contribution is 7.89. The van der Waals surface area contributed by atoms with E-state index in [-0.39, 0.29) is 10.8 Å². The third kappa shape index (κ3) is 5.14. The zero-order valence-electron chi connectivity index (χ0n) is 17.0. The van der Waals surface area contributed by atoms with Gasteiger partial charge >= 0.3 is 0 Å². The summed E-state index contributed by atoms with van der Waals surface area (Å²) in [5.41, 5.74) is 0.345. The second-order valence-electron chi connectivity index (χ2n) is 6.50. The van der Waals surface area contributed by atoms with Crippen molar-refractivity contribution in [1.82, 2.24) is 13.8 Å². The van der Waals surface area contributed by atoms with Gasteiger partial charge in [-0.1, -0.05) is 32.0 Å². The van der Waals surface area contributed by atoms with Gasteiger partial charge in [-0.2, -0.15) is 4.31 Å². The van der Waals surface area contributed by atoms with Gasteiger partial charge in [0.15, 0.2) is 0 Å². The second kappa shape index (κ2) is 9.75. The van der Waals surface area contributed by atoms with Crippen molar-refractivity contribution in [1.29, 1.82) is 0 Å². The van der Waals surface area contributed by atoms with E-state index in [1.165, 1.54) is 16.6 Å². The first-order valence-electron chi connectivity index (χ1n) is 9.41. The Bertz CT molecular complexity index is 874. The first-order chi connectivity index (χ1) is 13.3. The van der Waals surface area contributed by atoms with E-state index in [0.717, 1.165) is 5.75 Å². The third-order valence-corrected chi connectivity index (χ3v) is 6.55. The SMILES string of the molecule is CCN(CC)S(=O)(=O)c1cc(C(=O)N(C)CCCOc2ccccc2)n(C)c1. The fourth-order valence-corrected chi connectivity index (χ4v) is 4.44. The maximum Gasteiger partial charge on any atom is 0.270 e. The largest absolute Gasteiger partial charge is 0.494 e. The van der Waals surface area contributed by atoms with E-state index >= 15 is 0 Å². The molecule has 1 aromatic heterocycles. The minimum absolute atomic E-state index is 0.142. The minimum atomic E-state index is -3.59.